The quantitative estimate of drug-likeness (QED) is 0.711. The number of aryl methyl sites for hydroxylation is 3. The molecule has 1 aromatic heterocycles. The third-order valence-electron chi connectivity index (χ3n) is 2.64. The van der Waals surface area contributed by atoms with E-state index >= 15 is 0 Å². The van der Waals surface area contributed by atoms with Gasteiger partial charge in [-0.15, -0.1) is 0 Å². The Morgan fingerprint density at radius 2 is 2.00 bits per heavy atom. The van der Waals surface area contributed by atoms with E-state index in [-0.39, 0.29) is 0 Å². The van der Waals surface area contributed by atoms with E-state index in [1.165, 1.54) is 0 Å². The van der Waals surface area contributed by atoms with Gasteiger partial charge in [-0.25, -0.2) is 9.67 Å². The molecule has 4 nitrogen and oxygen atoms in total. The molecule has 0 radical (unpaired) electrons. The van der Waals surface area contributed by atoms with Crippen molar-refractivity contribution < 1.29 is 4.79 Å². The standard InChI is InChI=1S/C12H21N3O/c1-4-10(16)8-7-9-15-12(6-3)13-11(5-2)14-15/h4-9H2,1-3H3. The zero-order chi connectivity index (χ0) is 12.0. The normalized spacial score (nSPS) is 10.7. The SMILES string of the molecule is CCC(=O)CCCn1nc(CC)nc1CC. The minimum Gasteiger partial charge on any atom is -0.300 e. The molecule has 0 aliphatic heterocycles. The highest BCUT2D eigenvalue weighted by atomic mass is 16.1. The van der Waals surface area contributed by atoms with E-state index in [2.05, 4.69) is 23.9 Å². The summed E-state index contributed by atoms with van der Waals surface area (Å²) >= 11 is 0. The van der Waals surface area contributed by atoms with E-state index in [0.29, 0.717) is 18.6 Å². The number of Topliss-reactive ketones (excluding diaryl/α,β-unsaturated/α-hetero) is 1. The van der Waals surface area contributed by atoms with Crippen LogP contribution in [0.1, 0.15) is 51.7 Å². The highest BCUT2D eigenvalue weighted by molar-refractivity contribution is 5.77. The predicted molar refractivity (Wildman–Crippen MR) is 63.3 cm³/mol. The van der Waals surface area contributed by atoms with Gasteiger partial charge in [0.15, 0.2) is 5.82 Å². The van der Waals surface area contributed by atoms with Crippen LogP contribution in [0.4, 0.5) is 0 Å². The van der Waals surface area contributed by atoms with Crippen LogP contribution in [0.2, 0.25) is 0 Å². The molecule has 0 saturated carbocycles. The summed E-state index contributed by atoms with van der Waals surface area (Å²) in [7, 11) is 0. The van der Waals surface area contributed by atoms with E-state index < -0.39 is 0 Å². The van der Waals surface area contributed by atoms with Gasteiger partial charge in [-0.3, -0.25) is 4.79 Å². The monoisotopic (exact) mass is 223 g/mol. The Morgan fingerprint density at radius 3 is 2.56 bits per heavy atom. The molecule has 4 heteroatoms. The lowest BCUT2D eigenvalue weighted by Gasteiger charge is -2.03. The van der Waals surface area contributed by atoms with Gasteiger partial charge in [-0.2, -0.15) is 5.10 Å². The summed E-state index contributed by atoms with van der Waals surface area (Å²) in [6.45, 7) is 6.85. The van der Waals surface area contributed by atoms with Gasteiger partial charge in [0, 0.05) is 32.2 Å². The Hall–Kier alpha value is -1.19. The van der Waals surface area contributed by atoms with Crippen LogP contribution in [-0.2, 0) is 24.2 Å². The number of nitrogens with zero attached hydrogens (tertiary/aromatic N) is 3. The second-order valence-corrected chi connectivity index (χ2v) is 3.87. The summed E-state index contributed by atoms with van der Waals surface area (Å²) in [6, 6.07) is 0. The summed E-state index contributed by atoms with van der Waals surface area (Å²) < 4.78 is 1.95. The first-order valence-corrected chi connectivity index (χ1v) is 6.15. The summed E-state index contributed by atoms with van der Waals surface area (Å²) in [6.07, 6.45) is 3.92. The van der Waals surface area contributed by atoms with Gasteiger partial charge in [-0.05, 0) is 6.42 Å². The van der Waals surface area contributed by atoms with Crippen LogP contribution in [0.15, 0.2) is 0 Å². The van der Waals surface area contributed by atoms with E-state index in [1.807, 2.05) is 11.6 Å². The van der Waals surface area contributed by atoms with Crippen LogP contribution < -0.4 is 0 Å². The minimum absolute atomic E-state index is 0.328. The Morgan fingerprint density at radius 1 is 1.25 bits per heavy atom. The summed E-state index contributed by atoms with van der Waals surface area (Å²) in [5.74, 6) is 2.26. The largest absolute Gasteiger partial charge is 0.300 e. The zero-order valence-corrected chi connectivity index (χ0v) is 10.5. The molecule has 0 fully saturated rings. The van der Waals surface area contributed by atoms with Crippen molar-refractivity contribution in [2.75, 3.05) is 0 Å². The molecule has 90 valence electrons. The second kappa shape index (κ2) is 6.40. The number of rotatable bonds is 7. The third kappa shape index (κ3) is 3.43. The van der Waals surface area contributed by atoms with Crippen LogP contribution in [-0.4, -0.2) is 20.5 Å². The molecule has 0 atom stereocenters. The molecule has 0 aliphatic rings. The molecule has 0 saturated heterocycles. The number of ketones is 1. The number of carbonyl (C=O) groups excluding carboxylic acids is 1. The lowest BCUT2D eigenvalue weighted by molar-refractivity contribution is -0.118. The maximum absolute atomic E-state index is 11.2. The van der Waals surface area contributed by atoms with Crippen molar-refractivity contribution in [2.45, 2.75) is 59.4 Å². The first-order valence-electron chi connectivity index (χ1n) is 6.15. The third-order valence-corrected chi connectivity index (χ3v) is 2.64. The molecule has 1 rings (SSSR count). The van der Waals surface area contributed by atoms with E-state index in [4.69, 9.17) is 0 Å². The lowest BCUT2D eigenvalue weighted by Crippen LogP contribution is -2.07. The van der Waals surface area contributed by atoms with Crippen LogP contribution in [0.25, 0.3) is 0 Å². The van der Waals surface area contributed by atoms with Crippen LogP contribution in [0, 0.1) is 0 Å². The van der Waals surface area contributed by atoms with E-state index in [9.17, 15) is 4.79 Å². The van der Waals surface area contributed by atoms with Crippen molar-refractivity contribution >= 4 is 5.78 Å². The van der Waals surface area contributed by atoms with Gasteiger partial charge < -0.3 is 0 Å². The molecule has 1 aromatic rings. The Balaban J connectivity index is 2.52. The van der Waals surface area contributed by atoms with Gasteiger partial charge in [0.2, 0.25) is 0 Å². The molecule has 16 heavy (non-hydrogen) atoms. The molecular weight excluding hydrogens is 202 g/mol. The van der Waals surface area contributed by atoms with Crippen LogP contribution in [0.3, 0.4) is 0 Å². The van der Waals surface area contributed by atoms with Gasteiger partial charge in [0.05, 0.1) is 0 Å². The average molecular weight is 223 g/mol. The maximum atomic E-state index is 11.2. The average Bonchev–Trinajstić information content (AvgIpc) is 2.71. The lowest BCUT2D eigenvalue weighted by atomic mass is 10.2. The summed E-state index contributed by atoms with van der Waals surface area (Å²) in [4.78, 5) is 15.6. The summed E-state index contributed by atoms with van der Waals surface area (Å²) in [5.41, 5.74) is 0. The first kappa shape index (κ1) is 12.9. The van der Waals surface area contributed by atoms with Crippen LogP contribution >= 0.6 is 0 Å². The van der Waals surface area contributed by atoms with Crippen molar-refractivity contribution in [1.29, 1.82) is 0 Å². The Labute approximate surface area is 97.1 Å². The summed E-state index contributed by atoms with van der Waals surface area (Å²) in [5, 5.41) is 4.42. The van der Waals surface area contributed by atoms with Crippen molar-refractivity contribution in [1.82, 2.24) is 14.8 Å². The number of carbonyl (C=O) groups is 1. The Bertz CT molecular complexity index is 344. The molecule has 1 heterocycles. The first-order chi connectivity index (χ1) is 7.71. The van der Waals surface area contributed by atoms with Crippen LogP contribution in [0.5, 0.6) is 0 Å². The van der Waals surface area contributed by atoms with Crippen molar-refractivity contribution in [3.63, 3.8) is 0 Å². The topological polar surface area (TPSA) is 47.8 Å². The van der Waals surface area contributed by atoms with Gasteiger partial charge >= 0.3 is 0 Å². The van der Waals surface area contributed by atoms with Gasteiger partial charge in [0.1, 0.15) is 11.6 Å². The molecule has 0 spiro atoms. The van der Waals surface area contributed by atoms with E-state index in [1.54, 1.807) is 0 Å². The number of hydrogen-bond donors (Lipinski definition) is 0. The Kier molecular flexibility index (Phi) is 5.15. The molecule has 0 bridgehead atoms. The zero-order valence-electron chi connectivity index (χ0n) is 10.5. The van der Waals surface area contributed by atoms with Gasteiger partial charge in [0.25, 0.3) is 0 Å². The molecule has 0 amide bonds. The number of aromatic nitrogens is 3. The predicted octanol–water partition coefficient (Wildman–Crippen LogP) is 2.16. The van der Waals surface area contributed by atoms with Crippen molar-refractivity contribution in [2.24, 2.45) is 0 Å². The molecule has 0 aromatic carbocycles. The fourth-order valence-corrected chi connectivity index (χ4v) is 1.62. The highest BCUT2D eigenvalue weighted by Crippen LogP contribution is 2.04. The fraction of sp³-hybridized carbons (Fsp3) is 0.750. The smallest absolute Gasteiger partial charge is 0.150 e. The molecular formula is C12H21N3O. The maximum Gasteiger partial charge on any atom is 0.150 e. The number of hydrogen-bond acceptors (Lipinski definition) is 3. The van der Waals surface area contributed by atoms with Crippen molar-refractivity contribution in [3.8, 4) is 0 Å². The molecule has 0 aliphatic carbocycles. The van der Waals surface area contributed by atoms with Gasteiger partial charge in [-0.1, -0.05) is 20.8 Å². The minimum atomic E-state index is 0.328. The van der Waals surface area contributed by atoms with E-state index in [0.717, 1.165) is 37.5 Å². The fourth-order valence-electron chi connectivity index (χ4n) is 1.62. The second-order valence-electron chi connectivity index (χ2n) is 3.87. The van der Waals surface area contributed by atoms with Crippen molar-refractivity contribution in [3.05, 3.63) is 11.6 Å². The highest BCUT2D eigenvalue weighted by Gasteiger charge is 2.07. The molecule has 0 unspecified atom stereocenters. The molecule has 0 N–H and O–H groups in total.